The van der Waals surface area contributed by atoms with Crippen molar-refractivity contribution >= 4 is 23.5 Å². The zero-order chi connectivity index (χ0) is 16.3. The van der Waals surface area contributed by atoms with Crippen molar-refractivity contribution in [3.05, 3.63) is 29.8 Å². The van der Waals surface area contributed by atoms with Crippen molar-refractivity contribution in [2.45, 2.75) is 36.1 Å². The van der Waals surface area contributed by atoms with Gasteiger partial charge in [0, 0.05) is 16.4 Å². The molecule has 0 bridgehead atoms. The average molecular weight is 332 g/mol. The van der Waals surface area contributed by atoms with E-state index in [2.05, 4.69) is 0 Å². The fourth-order valence-corrected chi connectivity index (χ4v) is 3.31. The third-order valence-corrected chi connectivity index (χ3v) is 4.53. The van der Waals surface area contributed by atoms with E-state index in [9.17, 15) is 27.9 Å². The normalized spacial score (nSPS) is 22.3. The molecule has 1 N–H and O–H groups in total. The first-order chi connectivity index (χ1) is 10.3. The number of hydrogen-bond donors (Lipinski definition) is 1. The van der Waals surface area contributed by atoms with Crippen LogP contribution in [0.4, 0.5) is 13.2 Å². The van der Waals surface area contributed by atoms with Crippen LogP contribution in [-0.4, -0.2) is 22.4 Å². The van der Waals surface area contributed by atoms with Crippen LogP contribution in [-0.2, 0) is 4.79 Å². The molecule has 0 amide bonds. The Balaban J connectivity index is 2.13. The molecule has 7 heteroatoms. The summed E-state index contributed by atoms with van der Waals surface area (Å²) in [5.41, 5.74) is -4.10. The van der Waals surface area contributed by atoms with E-state index in [1.54, 1.807) is 0 Å². The Morgan fingerprint density at radius 2 is 1.59 bits per heavy atom. The molecule has 2 rings (SSSR count). The monoisotopic (exact) mass is 332 g/mol. The summed E-state index contributed by atoms with van der Waals surface area (Å²) in [7, 11) is 0. The Hall–Kier alpha value is -1.50. The van der Waals surface area contributed by atoms with Crippen molar-refractivity contribution in [1.29, 1.82) is 0 Å². The fourth-order valence-electron chi connectivity index (χ4n) is 2.78. The molecule has 0 spiro atoms. The van der Waals surface area contributed by atoms with Crippen LogP contribution in [0.25, 0.3) is 0 Å². The molecule has 1 aromatic carbocycles. The molecular formula is C15H15F3O3S. The molecule has 0 aliphatic heterocycles. The second kappa shape index (κ2) is 6.73. The molecule has 0 heterocycles. The standard InChI is InChI=1S/C15H15F3O3S/c16-15(17,18)22-10-7-5-9(6-8-10)13(19)11-3-1-2-4-12(11)14(20)21/h5-8,11-12H,1-4H2,(H,20,21)/t11-,12+/m1/s1. The number of aliphatic carboxylic acids is 1. The smallest absolute Gasteiger partial charge is 0.446 e. The van der Waals surface area contributed by atoms with Crippen LogP contribution in [0.5, 0.6) is 0 Å². The van der Waals surface area contributed by atoms with Crippen molar-refractivity contribution in [3.8, 4) is 0 Å². The van der Waals surface area contributed by atoms with E-state index in [1.165, 1.54) is 24.3 Å². The minimum Gasteiger partial charge on any atom is -0.481 e. The number of thioether (sulfide) groups is 1. The summed E-state index contributed by atoms with van der Waals surface area (Å²) in [6.07, 6.45) is 2.55. The lowest BCUT2D eigenvalue weighted by molar-refractivity contribution is -0.144. The molecule has 22 heavy (non-hydrogen) atoms. The second-order valence-corrected chi connectivity index (χ2v) is 6.41. The minimum atomic E-state index is -4.37. The van der Waals surface area contributed by atoms with Gasteiger partial charge in [-0.3, -0.25) is 9.59 Å². The molecule has 0 aromatic heterocycles. The van der Waals surface area contributed by atoms with E-state index >= 15 is 0 Å². The van der Waals surface area contributed by atoms with Gasteiger partial charge in [0.25, 0.3) is 0 Å². The number of rotatable bonds is 4. The number of carbonyl (C=O) groups is 2. The van der Waals surface area contributed by atoms with Crippen molar-refractivity contribution in [1.82, 2.24) is 0 Å². The Morgan fingerprint density at radius 3 is 2.09 bits per heavy atom. The molecule has 0 unspecified atom stereocenters. The Morgan fingerprint density at radius 1 is 1.05 bits per heavy atom. The summed E-state index contributed by atoms with van der Waals surface area (Å²) in [4.78, 5) is 23.7. The van der Waals surface area contributed by atoms with Gasteiger partial charge in [0.2, 0.25) is 0 Å². The fraction of sp³-hybridized carbons (Fsp3) is 0.467. The van der Waals surface area contributed by atoms with E-state index < -0.39 is 23.3 Å². The highest BCUT2D eigenvalue weighted by Crippen LogP contribution is 2.37. The summed E-state index contributed by atoms with van der Waals surface area (Å²) >= 11 is -0.243. The van der Waals surface area contributed by atoms with Crippen LogP contribution in [0.1, 0.15) is 36.0 Å². The molecule has 0 radical (unpaired) electrons. The second-order valence-electron chi connectivity index (χ2n) is 5.27. The largest absolute Gasteiger partial charge is 0.481 e. The van der Waals surface area contributed by atoms with Gasteiger partial charge in [0.05, 0.1) is 5.92 Å². The van der Waals surface area contributed by atoms with E-state index in [-0.39, 0.29) is 28.0 Å². The lowest BCUT2D eigenvalue weighted by Crippen LogP contribution is -2.32. The Bertz CT molecular complexity index is 554. The molecule has 1 aromatic rings. The highest BCUT2D eigenvalue weighted by molar-refractivity contribution is 8.00. The number of Topliss-reactive ketones (excluding diaryl/α,β-unsaturated/α-hetero) is 1. The lowest BCUT2D eigenvalue weighted by atomic mass is 9.75. The molecule has 1 aliphatic rings. The predicted octanol–water partition coefficient (Wildman–Crippen LogP) is 4.37. The van der Waals surface area contributed by atoms with E-state index in [0.717, 1.165) is 12.8 Å². The summed E-state index contributed by atoms with van der Waals surface area (Å²) in [5.74, 6) is -2.57. The molecular weight excluding hydrogens is 317 g/mol. The summed E-state index contributed by atoms with van der Waals surface area (Å²) in [5, 5.41) is 9.20. The Kier molecular flexibility index (Phi) is 5.16. The first-order valence-electron chi connectivity index (χ1n) is 6.91. The van der Waals surface area contributed by atoms with E-state index in [1.807, 2.05) is 0 Å². The van der Waals surface area contributed by atoms with Crippen LogP contribution in [0.3, 0.4) is 0 Å². The van der Waals surface area contributed by atoms with Gasteiger partial charge in [-0.25, -0.2) is 0 Å². The van der Waals surface area contributed by atoms with Crippen molar-refractivity contribution in [2.24, 2.45) is 11.8 Å². The van der Waals surface area contributed by atoms with Crippen molar-refractivity contribution < 1.29 is 27.9 Å². The molecule has 1 saturated carbocycles. The number of carbonyl (C=O) groups excluding carboxylic acids is 1. The molecule has 3 nitrogen and oxygen atoms in total. The molecule has 2 atom stereocenters. The molecule has 1 aliphatic carbocycles. The molecule has 120 valence electrons. The summed E-state index contributed by atoms with van der Waals surface area (Å²) in [6.45, 7) is 0. The third kappa shape index (κ3) is 4.25. The van der Waals surface area contributed by atoms with Crippen LogP contribution < -0.4 is 0 Å². The minimum absolute atomic E-state index is 0.00230. The van der Waals surface area contributed by atoms with Gasteiger partial charge >= 0.3 is 11.5 Å². The summed E-state index contributed by atoms with van der Waals surface area (Å²) < 4.78 is 36.8. The summed E-state index contributed by atoms with van der Waals surface area (Å²) in [6, 6.07) is 5.15. The number of hydrogen-bond acceptors (Lipinski definition) is 3. The first-order valence-corrected chi connectivity index (χ1v) is 7.72. The number of carboxylic acid groups (broad SMARTS) is 1. The predicted molar refractivity (Wildman–Crippen MR) is 75.8 cm³/mol. The van der Waals surface area contributed by atoms with Gasteiger partial charge in [0.15, 0.2) is 5.78 Å². The lowest BCUT2D eigenvalue weighted by Gasteiger charge is -2.27. The average Bonchev–Trinajstić information content (AvgIpc) is 2.45. The topological polar surface area (TPSA) is 54.4 Å². The number of benzene rings is 1. The highest BCUT2D eigenvalue weighted by Gasteiger charge is 2.36. The van der Waals surface area contributed by atoms with Crippen molar-refractivity contribution in [3.63, 3.8) is 0 Å². The zero-order valence-electron chi connectivity index (χ0n) is 11.6. The van der Waals surface area contributed by atoms with Gasteiger partial charge in [-0.2, -0.15) is 13.2 Å². The number of alkyl halides is 3. The maximum absolute atomic E-state index is 12.4. The van der Waals surface area contributed by atoms with Gasteiger partial charge in [0.1, 0.15) is 0 Å². The van der Waals surface area contributed by atoms with Crippen LogP contribution in [0, 0.1) is 11.8 Å². The SMILES string of the molecule is O=C(O)[C@H]1CCCC[C@H]1C(=O)c1ccc(SC(F)(F)F)cc1. The quantitative estimate of drug-likeness (QED) is 0.657. The van der Waals surface area contributed by atoms with Gasteiger partial charge in [-0.05, 0) is 36.7 Å². The molecule has 1 fully saturated rings. The van der Waals surface area contributed by atoms with Crippen molar-refractivity contribution in [2.75, 3.05) is 0 Å². The highest BCUT2D eigenvalue weighted by atomic mass is 32.2. The van der Waals surface area contributed by atoms with Crippen LogP contribution in [0.2, 0.25) is 0 Å². The van der Waals surface area contributed by atoms with Crippen LogP contribution >= 0.6 is 11.8 Å². The third-order valence-electron chi connectivity index (χ3n) is 3.79. The number of ketones is 1. The maximum Gasteiger partial charge on any atom is 0.446 e. The van der Waals surface area contributed by atoms with Gasteiger partial charge < -0.3 is 5.11 Å². The van der Waals surface area contributed by atoms with E-state index in [4.69, 9.17) is 0 Å². The number of halogens is 3. The van der Waals surface area contributed by atoms with Crippen LogP contribution in [0.15, 0.2) is 29.2 Å². The van der Waals surface area contributed by atoms with Gasteiger partial charge in [-0.15, -0.1) is 0 Å². The first kappa shape index (κ1) is 16.9. The maximum atomic E-state index is 12.4. The Labute approximate surface area is 129 Å². The van der Waals surface area contributed by atoms with Gasteiger partial charge in [-0.1, -0.05) is 25.0 Å². The molecule has 0 saturated heterocycles. The number of carboxylic acids is 1. The van der Waals surface area contributed by atoms with E-state index in [0.29, 0.717) is 12.8 Å². The zero-order valence-corrected chi connectivity index (χ0v) is 12.4.